The van der Waals surface area contributed by atoms with Gasteiger partial charge in [-0.1, -0.05) is 49.0 Å². The standard InChI is InChI=1S/C21H22N5O5PS/c1-2-15-16(10-22)20(26-9-8-14(12-26)31-32(28,29)30)25-21(17(15)11-23)33-18(19(24)27)13-6-4-3-5-7-13/h3-7,14,18H,2,8-9,12H2,1H3,(H2,24,27)(H2,28,29,30)/t14-,18?/m0/s1. The number of primary amides is 1. The maximum absolute atomic E-state index is 12.2. The zero-order valence-corrected chi connectivity index (χ0v) is 19.4. The number of phosphoric ester groups is 1. The Kier molecular flexibility index (Phi) is 7.75. The number of anilines is 1. The lowest BCUT2D eigenvalue weighted by Crippen LogP contribution is -2.25. The van der Waals surface area contributed by atoms with Crippen LogP contribution < -0.4 is 10.6 Å². The Balaban J connectivity index is 2.06. The summed E-state index contributed by atoms with van der Waals surface area (Å²) in [7, 11) is -4.66. The van der Waals surface area contributed by atoms with Gasteiger partial charge in [0.15, 0.2) is 0 Å². The highest BCUT2D eigenvalue weighted by Crippen LogP contribution is 2.42. The lowest BCUT2D eigenvalue weighted by atomic mass is 10.0. The summed E-state index contributed by atoms with van der Waals surface area (Å²) in [6.45, 7) is 2.27. The van der Waals surface area contributed by atoms with Crippen LogP contribution in [0.2, 0.25) is 0 Å². The minimum absolute atomic E-state index is 0.115. The summed E-state index contributed by atoms with van der Waals surface area (Å²) in [5, 5.41) is 19.1. The Hall–Kier alpha value is -2.92. The van der Waals surface area contributed by atoms with Crippen LogP contribution >= 0.6 is 19.6 Å². The van der Waals surface area contributed by atoms with Crippen LogP contribution in [-0.2, 0) is 20.3 Å². The molecule has 33 heavy (non-hydrogen) atoms. The number of carbonyl (C=O) groups excluding carboxylic acids is 1. The predicted molar refractivity (Wildman–Crippen MR) is 121 cm³/mol. The van der Waals surface area contributed by atoms with E-state index in [2.05, 4.69) is 17.1 Å². The Morgan fingerprint density at radius 1 is 1.33 bits per heavy atom. The van der Waals surface area contributed by atoms with Crippen LogP contribution in [0.5, 0.6) is 0 Å². The molecule has 12 heteroatoms. The molecule has 1 amide bonds. The molecule has 10 nitrogen and oxygen atoms in total. The van der Waals surface area contributed by atoms with Gasteiger partial charge in [-0.2, -0.15) is 10.5 Å². The van der Waals surface area contributed by atoms with Crippen molar-refractivity contribution in [1.29, 1.82) is 10.5 Å². The van der Waals surface area contributed by atoms with E-state index in [1.165, 1.54) is 0 Å². The zero-order valence-electron chi connectivity index (χ0n) is 17.7. The molecule has 2 heterocycles. The van der Waals surface area contributed by atoms with Gasteiger partial charge in [-0.25, -0.2) is 9.55 Å². The maximum Gasteiger partial charge on any atom is 0.469 e. The SMILES string of the molecule is CCc1c(C#N)c(SC(C(N)=O)c2ccccc2)nc(N2CC[C@H](OP(=O)(O)O)C2)c1C#N. The van der Waals surface area contributed by atoms with Crippen molar-refractivity contribution in [3.63, 3.8) is 0 Å². The molecule has 1 fully saturated rings. The molecule has 1 aliphatic heterocycles. The van der Waals surface area contributed by atoms with Gasteiger partial charge in [-0.05, 0) is 24.0 Å². The number of phosphoric acid groups is 1. The summed E-state index contributed by atoms with van der Waals surface area (Å²) in [6, 6.07) is 13.1. The Morgan fingerprint density at radius 2 is 2.00 bits per heavy atom. The number of nitrogens with two attached hydrogens (primary N) is 1. The smallest absolute Gasteiger partial charge is 0.368 e. The van der Waals surface area contributed by atoms with Crippen molar-refractivity contribution in [2.24, 2.45) is 5.73 Å². The van der Waals surface area contributed by atoms with Crippen molar-refractivity contribution >= 4 is 31.3 Å². The van der Waals surface area contributed by atoms with Gasteiger partial charge in [0, 0.05) is 13.1 Å². The van der Waals surface area contributed by atoms with Gasteiger partial charge in [0.2, 0.25) is 5.91 Å². The fourth-order valence-corrected chi connectivity index (χ4v) is 5.35. The van der Waals surface area contributed by atoms with Gasteiger partial charge >= 0.3 is 7.82 Å². The number of hydrogen-bond donors (Lipinski definition) is 3. The number of carbonyl (C=O) groups is 1. The Morgan fingerprint density at radius 3 is 2.55 bits per heavy atom. The number of pyridine rings is 1. The molecule has 3 rings (SSSR count). The third-order valence-electron chi connectivity index (χ3n) is 5.15. The molecule has 0 saturated carbocycles. The van der Waals surface area contributed by atoms with Crippen LogP contribution in [0.25, 0.3) is 0 Å². The third kappa shape index (κ3) is 5.72. The molecule has 2 atom stereocenters. The molecule has 172 valence electrons. The van der Waals surface area contributed by atoms with E-state index >= 15 is 0 Å². The van der Waals surface area contributed by atoms with Crippen LogP contribution in [0.4, 0.5) is 5.82 Å². The molecular weight excluding hydrogens is 465 g/mol. The van der Waals surface area contributed by atoms with Crippen LogP contribution in [0, 0.1) is 22.7 Å². The molecule has 0 bridgehead atoms. The number of benzene rings is 1. The van der Waals surface area contributed by atoms with E-state index in [1.807, 2.05) is 13.0 Å². The zero-order chi connectivity index (χ0) is 24.2. The van der Waals surface area contributed by atoms with E-state index in [9.17, 15) is 19.9 Å². The van der Waals surface area contributed by atoms with Gasteiger partial charge in [-0.15, -0.1) is 0 Å². The molecule has 2 aromatic rings. The van der Waals surface area contributed by atoms with E-state index in [4.69, 9.17) is 20.0 Å². The number of amides is 1. The monoisotopic (exact) mass is 487 g/mol. The number of rotatable bonds is 8. The van der Waals surface area contributed by atoms with Gasteiger partial charge in [-0.3, -0.25) is 9.32 Å². The average molecular weight is 487 g/mol. The van der Waals surface area contributed by atoms with Crippen LogP contribution in [-0.4, -0.2) is 39.9 Å². The van der Waals surface area contributed by atoms with Crippen LogP contribution in [0.15, 0.2) is 35.4 Å². The summed E-state index contributed by atoms with van der Waals surface area (Å²) < 4.78 is 16.0. The highest BCUT2D eigenvalue weighted by molar-refractivity contribution is 8.00. The van der Waals surface area contributed by atoms with E-state index < -0.39 is 25.1 Å². The van der Waals surface area contributed by atoms with Gasteiger partial charge in [0.05, 0.1) is 17.2 Å². The quantitative estimate of drug-likeness (QED) is 0.370. The summed E-state index contributed by atoms with van der Waals surface area (Å²) in [5.41, 5.74) is 7.21. The summed E-state index contributed by atoms with van der Waals surface area (Å²) in [5.74, 6) is -0.318. The van der Waals surface area contributed by atoms with Crippen molar-refractivity contribution in [3.8, 4) is 12.1 Å². The van der Waals surface area contributed by atoms with Gasteiger partial charge < -0.3 is 20.4 Å². The largest absolute Gasteiger partial charge is 0.469 e. The van der Waals surface area contributed by atoms with Gasteiger partial charge in [0.1, 0.15) is 28.2 Å². The second kappa shape index (κ2) is 10.3. The van der Waals surface area contributed by atoms with E-state index in [0.717, 1.165) is 11.8 Å². The molecule has 1 aromatic carbocycles. The van der Waals surface area contributed by atoms with Crippen LogP contribution in [0.3, 0.4) is 0 Å². The second-order valence-corrected chi connectivity index (χ2v) is 9.60. The molecule has 1 unspecified atom stereocenters. The Labute approximate surface area is 195 Å². The fourth-order valence-electron chi connectivity index (χ4n) is 3.73. The molecule has 0 aliphatic carbocycles. The summed E-state index contributed by atoms with van der Waals surface area (Å²) in [6.07, 6.45) is -0.0357. The first kappa shape index (κ1) is 24.7. The molecule has 4 N–H and O–H groups in total. The highest BCUT2D eigenvalue weighted by atomic mass is 32.2. The molecule has 1 aliphatic rings. The number of nitriles is 2. The first-order chi connectivity index (χ1) is 15.7. The van der Waals surface area contributed by atoms with Gasteiger partial charge in [0.25, 0.3) is 0 Å². The van der Waals surface area contributed by atoms with Crippen molar-refractivity contribution in [1.82, 2.24) is 4.98 Å². The molecule has 1 aromatic heterocycles. The number of aromatic nitrogens is 1. The number of nitrogens with zero attached hydrogens (tertiary/aromatic N) is 4. The minimum Gasteiger partial charge on any atom is -0.368 e. The van der Waals surface area contributed by atoms with Crippen LogP contribution in [0.1, 0.15) is 40.8 Å². The summed E-state index contributed by atoms with van der Waals surface area (Å²) in [4.78, 5) is 36.7. The normalized spacial score (nSPS) is 16.8. The van der Waals surface area contributed by atoms with E-state index in [1.54, 1.807) is 29.2 Å². The van der Waals surface area contributed by atoms with E-state index in [0.29, 0.717) is 30.5 Å². The first-order valence-electron chi connectivity index (χ1n) is 10.0. The number of thioether (sulfide) groups is 1. The molecular formula is C21H22N5O5PS. The maximum atomic E-state index is 12.2. The highest BCUT2D eigenvalue weighted by Gasteiger charge is 2.33. The van der Waals surface area contributed by atoms with Crippen molar-refractivity contribution in [3.05, 3.63) is 52.6 Å². The first-order valence-corrected chi connectivity index (χ1v) is 12.5. The lowest BCUT2D eigenvalue weighted by molar-refractivity contribution is -0.117. The predicted octanol–water partition coefficient (Wildman–Crippen LogP) is 2.39. The Bertz CT molecular complexity index is 1170. The molecule has 0 radical (unpaired) electrons. The minimum atomic E-state index is -4.66. The third-order valence-corrected chi connectivity index (χ3v) is 6.98. The topological polar surface area (TPSA) is 174 Å². The van der Waals surface area contributed by atoms with E-state index in [-0.39, 0.29) is 28.5 Å². The lowest BCUT2D eigenvalue weighted by Gasteiger charge is -2.23. The van der Waals surface area contributed by atoms with Crippen molar-refractivity contribution in [2.75, 3.05) is 18.0 Å². The van der Waals surface area contributed by atoms with Crippen molar-refractivity contribution < 1.29 is 23.7 Å². The van der Waals surface area contributed by atoms with Crippen molar-refractivity contribution in [2.45, 2.75) is 36.1 Å². The molecule has 0 spiro atoms. The second-order valence-electron chi connectivity index (χ2n) is 7.31. The fraction of sp³-hybridized carbons (Fsp3) is 0.333. The number of hydrogen-bond acceptors (Lipinski definition) is 8. The summed E-state index contributed by atoms with van der Waals surface area (Å²) >= 11 is 1.03. The molecule has 1 saturated heterocycles. The average Bonchev–Trinajstić information content (AvgIpc) is 3.23.